The second-order valence-corrected chi connectivity index (χ2v) is 4.68. The largest absolute Gasteiger partial charge is 0.314 e. The molecule has 15 heavy (non-hydrogen) atoms. The van der Waals surface area contributed by atoms with Crippen LogP contribution in [0, 0.1) is 0 Å². The van der Waals surface area contributed by atoms with Crippen molar-refractivity contribution in [2.75, 3.05) is 6.54 Å². The van der Waals surface area contributed by atoms with Crippen LogP contribution in [0.3, 0.4) is 0 Å². The highest BCUT2D eigenvalue weighted by Gasteiger charge is 2.18. The second kappa shape index (κ2) is 4.80. The van der Waals surface area contributed by atoms with E-state index in [-0.39, 0.29) is 0 Å². The van der Waals surface area contributed by atoms with Crippen molar-refractivity contribution in [2.24, 2.45) is 0 Å². The van der Waals surface area contributed by atoms with Gasteiger partial charge >= 0.3 is 0 Å². The molecule has 2 atom stereocenters. The van der Waals surface area contributed by atoms with Crippen LogP contribution in [0.15, 0.2) is 24.3 Å². The third kappa shape index (κ3) is 2.60. The van der Waals surface area contributed by atoms with Crippen LogP contribution in [-0.2, 0) is 6.42 Å². The van der Waals surface area contributed by atoms with Gasteiger partial charge in [-0.2, -0.15) is 0 Å². The Balaban J connectivity index is 2.08. The molecule has 1 aromatic rings. The molecule has 2 unspecified atom stereocenters. The van der Waals surface area contributed by atoms with Crippen LogP contribution in [0.1, 0.15) is 43.7 Å². The Hall–Kier alpha value is -0.820. The molecule has 1 N–H and O–H groups in total. The molecule has 0 saturated carbocycles. The Morgan fingerprint density at radius 2 is 2.20 bits per heavy atom. The van der Waals surface area contributed by atoms with Crippen LogP contribution < -0.4 is 5.32 Å². The highest BCUT2D eigenvalue weighted by Crippen LogP contribution is 2.25. The predicted molar refractivity (Wildman–Crippen MR) is 65.3 cm³/mol. The zero-order chi connectivity index (χ0) is 10.7. The summed E-state index contributed by atoms with van der Waals surface area (Å²) in [4.78, 5) is 0. The molecule has 1 aliphatic heterocycles. The third-order valence-electron chi connectivity index (χ3n) is 3.49. The molecule has 0 spiro atoms. The smallest absolute Gasteiger partial charge is 0.00391 e. The Morgan fingerprint density at radius 3 is 2.87 bits per heavy atom. The van der Waals surface area contributed by atoms with Gasteiger partial charge in [0.1, 0.15) is 0 Å². The summed E-state index contributed by atoms with van der Waals surface area (Å²) >= 11 is 0. The maximum Gasteiger partial charge on any atom is 0.00391 e. The van der Waals surface area contributed by atoms with Crippen molar-refractivity contribution in [3.8, 4) is 0 Å². The Labute approximate surface area is 92.9 Å². The first-order valence-electron chi connectivity index (χ1n) is 6.12. The molecule has 0 aliphatic carbocycles. The highest BCUT2D eigenvalue weighted by molar-refractivity contribution is 5.27. The summed E-state index contributed by atoms with van der Waals surface area (Å²) in [5.41, 5.74) is 2.99. The zero-order valence-corrected chi connectivity index (χ0v) is 9.79. The number of piperidine rings is 1. The van der Waals surface area contributed by atoms with Gasteiger partial charge in [0.25, 0.3) is 0 Å². The first kappa shape index (κ1) is 10.7. The number of nitrogens with one attached hydrogen (secondary N) is 1. The van der Waals surface area contributed by atoms with Gasteiger partial charge in [-0.05, 0) is 43.2 Å². The molecular weight excluding hydrogens is 182 g/mol. The van der Waals surface area contributed by atoms with Gasteiger partial charge in [-0.25, -0.2) is 0 Å². The monoisotopic (exact) mass is 203 g/mol. The lowest BCUT2D eigenvalue weighted by molar-refractivity contribution is 0.385. The van der Waals surface area contributed by atoms with Crippen molar-refractivity contribution in [2.45, 2.75) is 45.1 Å². The molecule has 2 rings (SSSR count). The Bertz CT molecular complexity index is 311. The lowest BCUT2D eigenvalue weighted by atomic mass is 9.88. The standard InChI is InChI=1S/C14H21N/c1-3-12-5-4-6-13(9-12)14-8-7-11(2)15-10-14/h4-6,9,11,14-15H,3,7-8,10H2,1-2H3. The van der Waals surface area contributed by atoms with Crippen LogP contribution in [0.25, 0.3) is 0 Å². The van der Waals surface area contributed by atoms with Crippen molar-refractivity contribution in [1.29, 1.82) is 0 Å². The maximum atomic E-state index is 3.57. The molecule has 0 radical (unpaired) electrons. The Kier molecular flexibility index (Phi) is 3.42. The van der Waals surface area contributed by atoms with Gasteiger partial charge in [-0.15, -0.1) is 0 Å². The minimum absolute atomic E-state index is 0.704. The van der Waals surface area contributed by atoms with E-state index in [1.54, 1.807) is 0 Å². The van der Waals surface area contributed by atoms with Crippen molar-refractivity contribution >= 4 is 0 Å². The second-order valence-electron chi connectivity index (χ2n) is 4.68. The molecule has 82 valence electrons. The summed E-state index contributed by atoms with van der Waals surface area (Å²) in [6.07, 6.45) is 3.78. The van der Waals surface area contributed by atoms with Crippen molar-refractivity contribution < 1.29 is 0 Å². The van der Waals surface area contributed by atoms with Gasteiger partial charge in [0.2, 0.25) is 0 Å². The SMILES string of the molecule is CCc1cccc(C2CCC(C)NC2)c1. The van der Waals surface area contributed by atoms with E-state index >= 15 is 0 Å². The lowest BCUT2D eigenvalue weighted by Gasteiger charge is -2.28. The van der Waals surface area contributed by atoms with Gasteiger partial charge in [0.15, 0.2) is 0 Å². The molecule has 1 saturated heterocycles. The van der Waals surface area contributed by atoms with Crippen LogP contribution in [0.5, 0.6) is 0 Å². The van der Waals surface area contributed by atoms with E-state index in [1.807, 2.05) is 0 Å². The van der Waals surface area contributed by atoms with E-state index in [4.69, 9.17) is 0 Å². The van der Waals surface area contributed by atoms with Gasteiger partial charge < -0.3 is 5.32 Å². The highest BCUT2D eigenvalue weighted by atomic mass is 14.9. The van der Waals surface area contributed by atoms with Crippen LogP contribution in [0.4, 0.5) is 0 Å². The number of hydrogen-bond acceptors (Lipinski definition) is 1. The van der Waals surface area contributed by atoms with E-state index in [2.05, 4.69) is 43.4 Å². The zero-order valence-electron chi connectivity index (χ0n) is 9.79. The molecule has 1 aliphatic rings. The molecule has 1 nitrogen and oxygen atoms in total. The fourth-order valence-corrected chi connectivity index (χ4v) is 2.35. The average Bonchev–Trinajstić information content (AvgIpc) is 2.30. The van der Waals surface area contributed by atoms with E-state index in [0.29, 0.717) is 6.04 Å². The quantitative estimate of drug-likeness (QED) is 0.779. The molecule has 1 aromatic carbocycles. The molecule has 0 bridgehead atoms. The lowest BCUT2D eigenvalue weighted by Crippen LogP contribution is -2.35. The van der Waals surface area contributed by atoms with Crippen molar-refractivity contribution in [3.63, 3.8) is 0 Å². The van der Waals surface area contributed by atoms with Crippen molar-refractivity contribution in [3.05, 3.63) is 35.4 Å². The average molecular weight is 203 g/mol. The van der Waals surface area contributed by atoms with E-state index in [9.17, 15) is 0 Å². The normalized spacial score (nSPS) is 26.5. The summed E-state index contributed by atoms with van der Waals surface area (Å²) in [5, 5.41) is 3.57. The summed E-state index contributed by atoms with van der Waals surface area (Å²) in [6, 6.07) is 9.79. The number of benzene rings is 1. The van der Waals surface area contributed by atoms with Crippen LogP contribution in [0.2, 0.25) is 0 Å². The summed E-state index contributed by atoms with van der Waals surface area (Å²) in [6.45, 7) is 5.65. The van der Waals surface area contributed by atoms with Gasteiger partial charge in [0, 0.05) is 12.6 Å². The molecule has 1 heterocycles. The fourth-order valence-electron chi connectivity index (χ4n) is 2.35. The fraction of sp³-hybridized carbons (Fsp3) is 0.571. The van der Waals surface area contributed by atoms with E-state index in [1.165, 1.54) is 24.0 Å². The topological polar surface area (TPSA) is 12.0 Å². The molecule has 1 fully saturated rings. The number of rotatable bonds is 2. The Morgan fingerprint density at radius 1 is 1.33 bits per heavy atom. The summed E-state index contributed by atoms with van der Waals surface area (Å²) in [7, 11) is 0. The van der Waals surface area contributed by atoms with Gasteiger partial charge in [-0.3, -0.25) is 0 Å². The summed E-state index contributed by atoms with van der Waals surface area (Å²) in [5.74, 6) is 0.729. The minimum Gasteiger partial charge on any atom is -0.314 e. The van der Waals surface area contributed by atoms with Gasteiger partial charge in [0.05, 0.1) is 0 Å². The molecule has 1 heteroatoms. The molecule has 0 aromatic heterocycles. The molecule has 0 amide bonds. The number of aryl methyl sites for hydroxylation is 1. The third-order valence-corrected chi connectivity index (χ3v) is 3.49. The van der Waals surface area contributed by atoms with Gasteiger partial charge in [-0.1, -0.05) is 31.2 Å². The van der Waals surface area contributed by atoms with Crippen molar-refractivity contribution in [1.82, 2.24) is 5.32 Å². The van der Waals surface area contributed by atoms with Crippen LogP contribution in [-0.4, -0.2) is 12.6 Å². The van der Waals surface area contributed by atoms with E-state index < -0.39 is 0 Å². The van der Waals surface area contributed by atoms with Crippen LogP contribution >= 0.6 is 0 Å². The first-order chi connectivity index (χ1) is 7.29. The minimum atomic E-state index is 0.704. The first-order valence-corrected chi connectivity index (χ1v) is 6.12. The predicted octanol–water partition coefficient (Wildman–Crippen LogP) is 3.10. The van der Waals surface area contributed by atoms with E-state index in [0.717, 1.165) is 18.9 Å². The molecular formula is C14H21N. The summed E-state index contributed by atoms with van der Waals surface area (Å²) < 4.78 is 0. The maximum absolute atomic E-state index is 3.57. The number of hydrogen-bond donors (Lipinski definition) is 1.